The molecule has 4 heteroatoms. The highest BCUT2D eigenvalue weighted by Gasteiger charge is 2.33. The largest absolute Gasteiger partial charge is 0.396 e. The van der Waals surface area contributed by atoms with E-state index in [1.165, 1.54) is 56.5 Å². The first-order valence-electron chi connectivity index (χ1n) is 9.74. The maximum absolute atomic E-state index is 9.40. The fraction of sp³-hybridized carbons (Fsp3) is 1.00. The van der Waals surface area contributed by atoms with Crippen molar-refractivity contribution in [3.05, 3.63) is 0 Å². The fourth-order valence-corrected chi connectivity index (χ4v) is 6.68. The molecule has 0 aromatic rings. The van der Waals surface area contributed by atoms with Crippen LogP contribution in [0.1, 0.15) is 85.5 Å². The van der Waals surface area contributed by atoms with Crippen LogP contribution >= 0.6 is 23.5 Å². The molecule has 0 atom stereocenters. The smallest absolute Gasteiger partial charge is 0.0611 e. The van der Waals surface area contributed by atoms with Gasteiger partial charge in [0.25, 0.3) is 0 Å². The van der Waals surface area contributed by atoms with Crippen molar-refractivity contribution in [3.8, 4) is 0 Å². The summed E-state index contributed by atoms with van der Waals surface area (Å²) in [5.74, 6) is 2.63. The molecule has 0 aromatic heterocycles. The third kappa shape index (κ3) is 8.82. The van der Waals surface area contributed by atoms with Gasteiger partial charge in [0.2, 0.25) is 0 Å². The molecule has 1 fully saturated rings. The quantitative estimate of drug-likeness (QED) is 0.428. The van der Waals surface area contributed by atoms with Crippen LogP contribution in [0.4, 0.5) is 0 Å². The predicted molar refractivity (Wildman–Crippen MR) is 111 cm³/mol. The first kappa shape index (κ1) is 22.7. The standard InChI is InChI=1S/C20H40O2S2/c1-18(2,16-21)10-5-7-12-20(23-14-9-15-24-20)13-8-6-11-19(3,4)17-22/h21-22H,5-17H2,1-4H3. The van der Waals surface area contributed by atoms with E-state index in [1.807, 2.05) is 0 Å². The van der Waals surface area contributed by atoms with Crippen LogP contribution in [0, 0.1) is 10.8 Å². The third-order valence-electron chi connectivity index (χ3n) is 5.20. The van der Waals surface area contributed by atoms with Crippen molar-refractivity contribution in [1.82, 2.24) is 0 Å². The number of hydrogen-bond acceptors (Lipinski definition) is 4. The summed E-state index contributed by atoms with van der Waals surface area (Å²) in [5.41, 5.74) is 0.159. The van der Waals surface area contributed by atoms with Crippen LogP contribution in [0.3, 0.4) is 0 Å². The molecule has 1 heterocycles. The summed E-state index contributed by atoms with van der Waals surface area (Å²) in [4.78, 5) is 0. The Morgan fingerprint density at radius 2 is 1.17 bits per heavy atom. The molecule has 0 spiro atoms. The Balaban J connectivity index is 2.37. The van der Waals surface area contributed by atoms with Crippen molar-refractivity contribution < 1.29 is 10.2 Å². The molecule has 24 heavy (non-hydrogen) atoms. The number of hydrogen-bond donors (Lipinski definition) is 2. The lowest BCUT2D eigenvalue weighted by Crippen LogP contribution is -2.26. The van der Waals surface area contributed by atoms with Crippen LogP contribution in [0.15, 0.2) is 0 Å². The van der Waals surface area contributed by atoms with Crippen LogP contribution in [-0.4, -0.2) is 39.0 Å². The SMILES string of the molecule is CC(C)(CO)CCCCC1(CCCCC(C)(C)CO)SCCCS1. The van der Waals surface area contributed by atoms with Gasteiger partial charge in [0.05, 0.1) is 4.08 Å². The normalized spacial score (nSPS) is 18.8. The van der Waals surface area contributed by atoms with Gasteiger partial charge >= 0.3 is 0 Å². The molecule has 2 nitrogen and oxygen atoms in total. The second-order valence-electron chi connectivity index (χ2n) is 9.02. The molecule has 1 aliphatic heterocycles. The van der Waals surface area contributed by atoms with E-state index in [-0.39, 0.29) is 10.8 Å². The molecule has 144 valence electrons. The molecule has 0 unspecified atom stereocenters. The Morgan fingerprint density at radius 3 is 1.54 bits per heavy atom. The van der Waals surface area contributed by atoms with Crippen molar-refractivity contribution in [2.75, 3.05) is 24.7 Å². The zero-order valence-corrected chi connectivity index (χ0v) is 18.0. The number of rotatable bonds is 12. The number of unbranched alkanes of at least 4 members (excludes halogenated alkanes) is 2. The molecule has 1 rings (SSSR count). The predicted octanol–water partition coefficient (Wildman–Crippen LogP) is 5.71. The van der Waals surface area contributed by atoms with Crippen molar-refractivity contribution >= 4 is 23.5 Å². The summed E-state index contributed by atoms with van der Waals surface area (Å²) < 4.78 is 0.435. The van der Waals surface area contributed by atoms with Crippen LogP contribution in [0.5, 0.6) is 0 Å². The number of aliphatic hydroxyl groups excluding tert-OH is 2. The van der Waals surface area contributed by atoms with Crippen molar-refractivity contribution in [1.29, 1.82) is 0 Å². The maximum atomic E-state index is 9.40. The highest BCUT2D eigenvalue weighted by molar-refractivity contribution is 8.18. The molecular formula is C20H40O2S2. The van der Waals surface area contributed by atoms with Gasteiger partial charge in [-0.15, -0.1) is 23.5 Å². The van der Waals surface area contributed by atoms with E-state index in [0.29, 0.717) is 17.3 Å². The summed E-state index contributed by atoms with van der Waals surface area (Å²) >= 11 is 4.40. The fourth-order valence-electron chi connectivity index (χ4n) is 3.18. The van der Waals surface area contributed by atoms with Gasteiger partial charge in [-0.05, 0) is 54.4 Å². The van der Waals surface area contributed by atoms with Gasteiger partial charge in [0.15, 0.2) is 0 Å². The first-order chi connectivity index (χ1) is 11.2. The third-order valence-corrected chi connectivity index (χ3v) is 8.76. The minimum absolute atomic E-state index is 0.0793. The van der Waals surface area contributed by atoms with Crippen LogP contribution < -0.4 is 0 Å². The highest BCUT2D eigenvalue weighted by atomic mass is 32.2. The molecule has 0 amide bonds. The molecule has 0 radical (unpaired) electrons. The molecule has 2 N–H and O–H groups in total. The maximum Gasteiger partial charge on any atom is 0.0611 e. The van der Waals surface area contributed by atoms with E-state index >= 15 is 0 Å². The van der Waals surface area contributed by atoms with E-state index in [9.17, 15) is 10.2 Å². The molecular weight excluding hydrogens is 336 g/mol. The second kappa shape index (κ2) is 10.7. The minimum Gasteiger partial charge on any atom is -0.396 e. The summed E-state index contributed by atoms with van der Waals surface area (Å²) in [7, 11) is 0. The average molecular weight is 377 g/mol. The summed E-state index contributed by atoms with van der Waals surface area (Å²) in [6.07, 6.45) is 11.3. The molecule has 0 saturated carbocycles. The lowest BCUT2D eigenvalue weighted by molar-refractivity contribution is 0.146. The van der Waals surface area contributed by atoms with Gasteiger partial charge in [-0.1, -0.05) is 53.4 Å². The van der Waals surface area contributed by atoms with E-state index in [4.69, 9.17) is 0 Å². The minimum atomic E-state index is 0.0793. The Labute approximate surface area is 159 Å². The van der Waals surface area contributed by atoms with E-state index < -0.39 is 0 Å². The van der Waals surface area contributed by atoms with E-state index in [1.54, 1.807) is 0 Å². The van der Waals surface area contributed by atoms with Crippen LogP contribution in [0.2, 0.25) is 0 Å². The lowest BCUT2D eigenvalue weighted by atomic mass is 9.87. The number of aliphatic hydroxyl groups is 2. The van der Waals surface area contributed by atoms with Gasteiger partial charge in [-0.2, -0.15) is 0 Å². The summed E-state index contributed by atoms with van der Waals surface area (Å²) in [6, 6.07) is 0. The van der Waals surface area contributed by atoms with Crippen LogP contribution in [0.25, 0.3) is 0 Å². The molecule has 0 aliphatic carbocycles. The zero-order valence-electron chi connectivity index (χ0n) is 16.4. The molecule has 0 aromatic carbocycles. The summed E-state index contributed by atoms with van der Waals surface area (Å²) in [5, 5.41) is 18.8. The highest BCUT2D eigenvalue weighted by Crippen LogP contribution is 2.49. The lowest BCUT2D eigenvalue weighted by Gasteiger charge is -2.37. The first-order valence-corrected chi connectivity index (χ1v) is 11.7. The Kier molecular flexibility index (Phi) is 10.1. The summed E-state index contributed by atoms with van der Waals surface area (Å²) in [6.45, 7) is 9.24. The topological polar surface area (TPSA) is 40.5 Å². The van der Waals surface area contributed by atoms with Gasteiger partial charge in [0, 0.05) is 13.2 Å². The Bertz CT molecular complexity index is 311. The van der Waals surface area contributed by atoms with E-state index in [2.05, 4.69) is 51.2 Å². The molecule has 1 aliphatic rings. The van der Waals surface area contributed by atoms with Gasteiger partial charge in [0.1, 0.15) is 0 Å². The number of thioether (sulfide) groups is 2. The monoisotopic (exact) mass is 376 g/mol. The molecule has 0 bridgehead atoms. The second-order valence-corrected chi connectivity index (χ2v) is 12.2. The van der Waals surface area contributed by atoms with Gasteiger partial charge in [-0.3, -0.25) is 0 Å². The Morgan fingerprint density at radius 1 is 0.750 bits per heavy atom. The molecule has 1 saturated heterocycles. The average Bonchev–Trinajstić information content (AvgIpc) is 2.57. The van der Waals surface area contributed by atoms with Crippen molar-refractivity contribution in [2.45, 2.75) is 89.6 Å². The Hall–Kier alpha value is 0.620. The zero-order chi connectivity index (χ0) is 18.1. The van der Waals surface area contributed by atoms with Crippen molar-refractivity contribution in [2.24, 2.45) is 10.8 Å². The van der Waals surface area contributed by atoms with Crippen LogP contribution in [-0.2, 0) is 0 Å². The van der Waals surface area contributed by atoms with Crippen molar-refractivity contribution in [3.63, 3.8) is 0 Å². The van der Waals surface area contributed by atoms with E-state index in [0.717, 1.165) is 12.8 Å². The van der Waals surface area contributed by atoms with Gasteiger partial charge in [-0.25, -0.2) is 0 Å². The van der Waals surface area contributed by atoms with Gasteiger partial charge < -0.3 is 10.2 Å².